The van der Waals surface area contributed by atoms with E-state index in [1.165, 1.54) is 0 Å². The average Bonchev–Trinajstić information content (AvgIpc) is 3.09. The van der Waals surface area contributed by atoms with Gasteiger partial charge in [-0.3, -0.25) is 4.79 Å². The number of hydrogen-bond acceptors (Lipinski definition) is 4. The number of benzene rings is 1. The van der Waals surface area contributed by atoms with Crippen LogP contribution in [0.25, 0.3) is 0 Å². The van der Waals surface area contributed by atoms with E-state index >= 15 is 0 Å². The number of hydrogen-bond donors (Lipinski definition) is 1. The second-order valence-corrected chi connectivity index (χ2v) is 8.07. The highest BCUT2D eigenvalue weighted by atomic mass is 35.5. The van der Waals surface area contributed by atoms with Crippen molar-refractivity contribution in [3.63, 3.8) is 0 Å². The first-order chi connectivity index (χ1) is 13.9. The smallest absolute Gasteiger partial charge is 0.318 e. The van der Waals surface area contributed by atoms with Gasteiger partial charge in [0.25, 0.3) is 5.91 Å². The van der Waals surface area contributed by atoms with Gasteiger partial charge < -0.3 is 15.1 Å². The summed E-state index contributed by atoms with van der Waals surface area (Å²) in [6, 6.07) is 4.72. The number of halogens is 2. The van der Waals surface area contributed by atoms with Crippen molar-refractivity contribution in [2.45, 2.75) is 32.4 Å². The third-order valence-electron chi connectivity index (χ3n) is 5.31. The van der Waals surface area contributed by atoms with E-state index in [1.54, 1.807) is 28.0 Å². The number of rotatable bonds is 2. The molecule has 0 bridgehead atoms. The van der Waals surface area contributed by atoms with Crippen LogP contribution in [0, 0.1) is 6.92 Å². The average molecular weight is 437 g/mol. The van der Waals surface area contributed by atoms with Crippen LogP contribution < -0.4 is 5.32 Å². The minimum atomic E-state index is -0.212. The number of aryl methyl sites for hydroxylation is 2. The van der Waals surface area contributed by atoms with Crippen LogP contribution in [0.1, 0.15) is 40.9 Å². The monoisotopic (exact) mass is 436 g/mol. The molecule has 1 saturated heterocycles. The Morgan fingerprint density at radius 1 is 1.07 bits per heavy atom. The topological polar surface area (TPSA) is 83.4 Å². The summed E-state index contributed by atoms with van der Waals surface area (Å²) in [6.07, 6.45) is 1.79. The fourth-order valence-electron chi connectivity index (χ4n) is 3.82. The number of aromatic nitrogens is 3. The standard InChI is InChI=1S/C19H22Cl2N6O2/c1-12-22-17-15(6-3-7-27(17)24-12)23-19(29)26-10-8-25(9-11-26)18(28)16-13(20)4-2-5-14(16)21/h2,4-5,15H,3,6-11H2,1H3,(H,23,29). The second-order valence-electron chi connectivity index (χ2n) is 7.26. The largest absolute Gasteiger partial charge is 0.335 e. The Balaban J connectivity index is 1.36. The van der Waals surface area contributed by atoms with Gasteiger partial charge in [-0.25, -0.2) is 14.5 Å². The minimum absolute atomic E-state index is 0.140. The van der Waals surface area contributed by atoms with E-state index in [1.807, 2.05) is 11.6 Å². The predicted octanol–water partition coefficient (Wildman–Crippen LogP) is 2.90. The molecule has 2 aliphatic rings. The van der Waals surface area contributed by atoms with E-state index in [0.717, 1.165) is 25.2 Å². The Morgan fingerprint density at radius 3 is 2.41 bits per heavy atom. The Morgan fingerprint density at radius 2 is 1.72 bits per heavy atom. The molecular weight excluding hydrogens is 415 g/mol. The van der Waals surface area contributed by atoms with E-state index in [-0.39, 0.29) is 18.0 Å². The SMILES string of the molecule is Cc1nc2n(n1)CCCC2NC(=O)N1CCN(C(=O)c2c(Cl)cccc2Cl)CC1. The lowest BCUT2D eigenvalue weighted by Gasteiger charge is -2.36. The molecule has 1 N–H and O–H groups in total. The molecule has 4 rings (SSSR count). The zero-order chi connectivity index (χ0) is 20.5. The summed E-state index contributed by atoms with van der Waals surface area (Å²) in [4.78, 5) is 33.4. The Hall–Kier alpha value is -2.32. The molecule has 2 aromatic rings. The van der Waals surface area contributed by atoms with Crippen molar-refractivity contribution in [3.8, 4) is 0 Å². The molecule has 1 unspecified atom stereocenters. The molecule has 8 nitrogen and oxygen atoms in total. The highest BCUT2D eigenvalue weighted by molar-refractivity contribution is 6.39. The first-order valence-electron chi connectivity index (χ1n) is 9.64. The number of fused-ring (bicyclic) bond motifs is 1. The molecule has 1 atom stereocenters. The van der Waals surface area contributed by atoms with E-state index < -0.39 is 0 Å². The van der Waals surface area contributed by atoms with Crippen LogP contribution in [0.2, 0.25) is 10.0 Å². The van der Waals surface area contributed by atoms with Gasteiger partial charge in [-0.2, -0.15) is 5.10 Å². The number of nitrogens with zero attached hydrogens (tertiary/aromatic N) is 5. The van der Waals surface area contributed by atoms with Crippen LogP contribution >= 0.6 is 23.2 Å². The molecular formula is C19H22Cl2N6O2. The number of nitrogens with one attached hydrogen (secondary N) is 1. The number of amides is 3. The molecule has 2 aliphatic heterocycles. The third kappa shape index (κ3) is 4.04. The van der Waals surface area contributed by atoms with E-state index in [4.69, 9.17) is 23.2 Å². The number of piperazine rings is 1. The van der Waals surface area contributed by atoms with Gasteiger partial charge in [0, 0.05) is 32.7 Å². The van der Waals surface area contributed by atoms with Crippen LogP contribution in [-0.4, -0.2) is 62.7 Å². The zero-order valence-electron chi connectivity index (χ0n) is 16.1. The Kier molecular flexibility index (Phi) is 5.65. The molecule has 3 heterocycles. The molecule has 1 aromatic carbocycles. The maximum absolute atomic E-state index is 12.8. The van der Waals surface area contributed by atoms with Gasteiger partial charge in [0.2, 0.25) is 0 Å². The van der Waals surface area contributed by atoms with Crippen LogP contribution in [0.5, 0.6) is 0 Å². The van der Waals surface area contributed by atoms with Gasteiger partial charge >= 0.3 is 6.03 Å². The fraction of sp³-hybridized carbons (Fsp3) is 0.474. The van der Waals surface area contributed by atoms with Crippen molar-refractivity contribution in [2.24, 2.45) is 0 Å². The molecule has 0 radical (unpaired) electrons. The lowest BCUT2D eigenvalue weighted by atomic mass is 10.1. The minimum Gasteiger partial charge on any atom is -0.335 e. The summed E-state index contributed by atoms with van der Waals surface area (Å²) in [5.74, 6) is 1.31. The summed E-state index contributed by atoms with van der Waals surface area (Å²) in [6.45, 7) is 4.41. The zero-order valence-corrected chi connectivity index (χ0v) is 17.6. The van der Waals surface area contributed by atoms with Crippen molar-refractivity contribution in [1.29, 1.82) is 0 Å². The lowest BCUT2D eigenvalue weighted by Crippen LogP contribution is -2.53. The molecule has 10 heteroatoms. The van der Waals surface area contributed by atoms with Gasteiger partial charge in [0.15, 0.2) is 0 Å². The molecule has 3 amide bonds. The Labute approximate surface area is 178 Å². The number of carbonyl (C=O) groups excluding carboxylic acids is 2. The molecule has 0 spiro atoms. The highest BCUT2D eigenvalue weighted by Crippen LogP contribution is 2.26. The normalized spacial score (nSPS) is 19.1. The molecule has 154 valence electrons. The van der Waals surface area contributed by atoms with Crippen LogP contribution in [0.15, 0.2) is 18.2 Å². The lowest BCUT2D eigenvalue weighted by molar-refractivity contribution is 0.0663. The predicted molar refractivity (Wildman–Crippen MR) is 109 cm³/mol. The maximum atomic E-state index is 12.8. The van der Waals surface area contributed by atoms with Crippen molar-refractivity contribution in [3.05, 3.63) is 45.5 Å². The third-order valence-corrected chi connectivity index (χ3v) is 5.94. The highest BCUT2D eigenvalue weighted by Gasteiger charge is 2.30. The van der Waals surface area contributed by atoms with Crippen molar-refractivity contribution in [1.82, 2.24) is 29.9 Å². The molecule has 0 saturated carbocycles. The molecule has 29 heavy (non-hydrogen) atoms. The van der Waals surface area contributed by atoms with Crippen molar-refractivity contribution >= 4 is 35.1 Å². The maximum Gasteiger partial charge on any atom is 0.318 e. The van der Waals surface area contributed by atoms with Gasteiger partial charge in [-0.15, -0.1) is 0 Å². The van der Waals surface area contributed by atoms with E-state index in [0.29, 0.717) is 47.6 Å². The van der Waals surface area contributed by atoms with Gasteiger partial charge in [0.1, 0.15) is 11.6 Å². The van der Waals surface area contributed by atoms with Gasteiger partial charge in [-0.1, -0.05) is 29.3 Å². The summed E-state index contributed by atoms with van der Waals surface area (Å²) < 4.78 is 1.87. The quantitative estimate of drug-likeness (QED) is 0.784. The van der Waals surface area contributed by atoms with Gasteiger partial charge in [-0.05, 0) is 31.9 Å². The Bertz CT molecular complexity index is 919. The summed E-state index contributed by atoms with van der Waals surface area (Å²) in [5, 5.41) is 8.10. The van der Waals surface area contributed by atoms with E-state index in [9.17, 15) is 9.59 Å². The second kappa shape index (κ2) is 8.20. The first kappa shape index (κ1) is 20.0. The van der Waals surface area contributed by atoms with Crippen molar-refractivity contribution < 1.29 is 9.59 Å². The molecule has 1 aromatic heterocycles. The summed E-state index contributed by atoms with van der Waals surface area (Å²) >= 11 is 12.3. The fourth-order valence-corrected chi connectivity index (χ4v) is 4.38. The molecule has 0 aliphatic carbocycles. The first-order valence-corrected chi connectivity index (χ1v) is 10.4. The van der Waals surface area contributed by atoms with Crippen LogP contribution in [0.3, 0.4) is 0 Å². The molecule has 1 fully saturated rings. The van der Waals surface area contributed by atoms with Crippen molar-refractivity contribution in [2.75, 3.05) is 26.2 Å². The van der Waals surface area contributed by atoms with Gasteiger partial charge in [0.05, 0.1) is 21.7 Å². The number of carbonyl (C=O) groups is 2. The van der Waals surface area contributed by atoms with E-state index in [2.05, 4.69) is 15.4 Å². The van der Waals surface area contributed by atoms with Crippen LogP contribution in [-0.2, 0) is 6.54 Å². The summed E-state index contributed by atoms with van der Waals surface area (Å²) in [7, 11) is 0. The summed E-state index contributed by atoms with van der Waals surface area (Å²) in [5.41, 5.74) is 0.311. The van der Waals surface area contributed by atoms with Crippen LogP contribution in [0.4, 0.5) is 4.79 Å². The number of urea groups is 1.